The predicted octanol–water partition coefficient (Wildman–Crippen LogP) is 2.00. The molecular formula is C17H18N4O4. The highest BCUT2D eigenvalue weighted by Crippen LogP contribution is 2.18. The second-order valence-corrected chi connectivity index (χ2v) is 5.86. The van der Waals surface area contributed by atoms with E-state index in [-0.39, 0.29) is 24.1 Å². The quantitative estimate of drug-likeness (QED) is 0.609. The van der Waals surface area contributed by atoms with Crippen molar-refractivity contribution in [3.8, 4) is 5.88 Å². The van der Waals surface area contributed by atoms with Crippen LogP contribution in [0.15, 0.2) is 42.6 Å². The molecule has 0 unspecified atom stereocenters. The normalized spacial score (nSPS) is 15.0. The molecule has 0 saturated carbocycles. The van der Waals surface area contributed by atoms with Crippen molar-refractivity contribution in [3.05, 3.63) is 58.3 Å². The van der Waals surface area contributed by atoms with E-state index in [0.29, 0.717) is 19.0 Å². The third-order valence-electron chi connectivity index (χ3n) is 4.13. The first kappa shape index (κ1) is 16.8. The lowest BCUT2D eigenvalue weighted by Crippen LogP contribution is -2.42. The Labute approximate surface area is 144 Å². The van der Waals surface area contributed by atoms with Crippen molar-refractivity contribution in [2.45, 2.75) is 25.4 Å². The number of amides is 1. The molecule has 0 aliphatic carbocycles. The summed E-state index contributed by atoms with van der Waals surface area (Å²) in [6.07, 6.45) is 3.34. The number of aromatic nitrogens is 2. The maximum Gasteiger partial charge on any atom is 0.269 e. The number of nitro groups is 1. The molecule has 8 heteroatoms. The Morgan fingerprint density at radius 2 is 1.96 bits per heavy atom. The molecule has 1 aliphatic rings. The minimum Gasteiger partial charge on any atom is -0.473 e. The van der Waals surface area contributed by atoms with Crippen LogP contribution < -0.4 is 4.74 Å². The number of piperidine rings is 1. The van der Waals surface area contributed by atoms with Crippen LogP contribution in [0.4, 0.5) is 5.69 Å². The van der Waals surface area contributed by atoms with E-state index in [1.54, 1.807) is 35.4 Å². The van der Waals surface area contributed by atoms with Gasteiger partial charge in [0.25, 0.3) is 5.69 Å². The van der Waals surface area contributed by atoms with Crippen LogP contribution in [0, 0.1) is 10.1 Å². The van der Waals surface area contributed by atoms with Gasteiger partial charge < -0.3 is 9.64 Å². The molecular weight excluding hydrogens is 324 g/mol. The molecule has 1 fully saturated rings. The molecule has 1 saturated heterocycles. The van der Waals surface area contributed by atoms with Gasteiger partial charge in [-0.25, -0.2) is 0 Å². The van der Waals surface area contributed by atoms with E-state index in [1.165, 1.54) is 12.1 Å². The zero-order valence-corrected chi connectivity index (χ0v) is 13.6. The topological polar surface area (TPSA) is 98.5 Å². The van der Waals surface area contributed by atoms with Crippen LogP contribution >= 0.6 is 0 Å². The SMILES string of the molecule is O=C(Cc1ccc([N+](=O)[O-])cc1)N1CCC(Oc2cccnn2)CC1. The molecule has 1 amide bonds. The summed E-state index contributed by atoms with van der Waals surface area (Å²) in [5.74, 6) is 0.518. The van der Waals surface area contributed by atoms with Gasteiger partial charge in [-0.05, 0) is 11.6 Å². The molecule has 0 spiro atoms. The van der Waals surface area contributed by atoms with Gasteiger partial charge in [0.1, 0.15) is 6.10 Å². The number of ether oxygens (including phenoxy) is 1. The minimum absolute atomic E-state index is 0.0202. The van der Waals surface area contributed by atoms with E-state index < -0.39 is 4.92 Å². The Bertz CT molecular complexity index is 728. The smallest absolute Gasteiger partial charge is 0.269 e. The van der Waals surface area contributed by atoms with Crippen LogP contribution in [0.25, 0.3) is 0 Å². The number of carbonyl (C=O) groups is 1. The predicted molar refractivity (Wildman–Crippen MR) is 89.1 cm³/mol. The monoisotopic (exact) mass is 342 g/mol. The minimum atomic E-state index is -0.451. The Kier molecular flexibility index (Phi) is 5.17. The Hall–Kier alpha value is -3.03. The van der Waals surface area contributed by atoms with Crippen LogP contribution in [0.3, 0.4) is 0 Å². The van der Waals surface area contributed by atoms with Gasteiger partial charge in [0.15, 0.2) is 0 Å². The van der Waals surface area contributed by atoms with Crippen LogP contribution in [0.5, 0.6) is 5.88 Å². The van der Waals surface area contributed by atoms with Crippen LogP contribution in [-0.2, 0) is 11.2 Å². The number of benzene rings is 1. The Balaban J connectivity index is 1.49. The van der Waals surface area contributed by atoms with Crippen molar-refractivity contribution in [3.63, 3.8) is 0 Å². The fourth-order valence-electron chi connectivity index (χ4n) is 2.77. The van der Waals surface area contributed by atoms with Crippen molar-refractivity contribution in [1.82, 2.24) is 15.1 Å². The van der Waals surface area contributed by atoms with E-state index >= 15 is 0 Å². The van der Waals surface area contributed by atoms with Crippen LogP contribution in [0.1, 0.15) is 18.4 Å². The summed E-state index contributed by atoms with van der Waals surface area (Å²) in [6, 6.07) is 9.62. The fourth-order valence-corrected chi connectivity index (χ4v) is 2.77. The number of non-ortho nitro benzene ring substituents is 1. The van der Waals surface area contributed by atoms with Crippen molar-refractivity contribution in [2.75, 3.05) is 13.1 Å². The molecule has 130 valence electrons. The summed E-state index contributed by atoms with van der Waals surface area (Å²) < 4.78 is 5.76. The lowest BCUT2D eigenvalue weighted by molar-refractivity contribution is -0.384. The average Bonchev–Trinajstić information content (AvgIpc) is 2.63. The van der Waals surface area contributed by atoms with E-state index in [2.05, 4.69) is 10.2 Å². The molecule has 0 atom stereocenters. The zero-order valence-electron chi connectivity index (χ0n) is 13.6. The van der Waals surface area contributed by atoms with Crippen molar-refractivity contribution >= 4 is 11.6 Å². The highest BCUT2D eigenvalue weighted by atomic mass is 16.6. The number of hydrogen-bond acceptors (Lipinski definition) is 6. The van der Waals surface area contributed by atoms with E-state index in [0.717, 1.165) is 18.4 Å². The molecule has 0 N–H and O–H groups in total. The number of hydrogen-bond donors (Lipinski definition) is 0. The van der Waals surface area contributed by atoms with Crippen molar-refractivity contribution in [1.29, 1.82) is 0 Å². The highest BCUT2D eigenvalue weighted by Gasteiger charge is 2.24. The molecule has 0 radical (unpaired) electrons. The highest BCUT2D eigenvalue weighted by molar-refractivity contribution is 5.79. The van der Waals surface area contributed by atoms with Gasteiger partial charge in [0.05, 0.1) is 11.3 Å². The summed E-state index contributed by atoms with van der Waals surface area (Å²) in [7, 11) is 0. The fraction of sp³-hybridized carbons (Fsp3) is 0.353. The van der Waals surface area contributed by atoms with Gasteiger partial charge in [-0.3, -0.25) is 14.9 Å². The molecule has 8 nitrogen and oxygen atoms in total. The number of nitrogens with zero attached hydrogens (tertiary/aromatic N) is 4. The summed E-state index contributed by atoms with van der Waals surface area (Å²) in [6.45, 7) is 1.24. The lowest BCUT2D eigenvalue weighted by atomic mass is 10.1. The molecule has 3 rings (SSSR count). The lowest BCUT2D eigenvalue weighted by Gasteiger charge is -2.32. The molecule has 1 aromatic heterocycles. The number of rotatable bonds is 5. The first-order valence-corrected chi connectivity index (χ1v) is 8.07. The Morgan fingerprint density at radius 3 is 2.56 bits per heavy atom. The zero-order chi connectivity index (χ0) is 17.6. The van der Waals surface area contributed by atoms with Crippen LogP contribution in [0.2, 0.25) is 0 Å². The second kappa shape index (κ2) is 7.69. The molecule has 1 aromatic carbocycles. The van der Waals surface area contributed by atoms with Gasteiger partial charge in [-0.15, -0.1) is 5.10 Å². The first-order valence-electron chi connectivity index (χ1n) is 8.07. The van der Waals surface area contributed by atoms with Crippen molar-refractivity contribution < 1.29 is 14.5 Å². The van der Waals surface area contributed by atoms with Gasteiger partial charge in [0, 0.05) is 50.3 Å². The number of carbonyl (C=O) groups excluding carboxylic acids is 1. The number of likely N-dealkylation sites (tertiary alicyclic amines) is 1. The van der Waals surface area contributed by atoms with Crippen LogP contribution in [-0.4, -0.2) is 45.1 Å². The van der Waals surface area contributed by atoms with E-state index in [4.69, 9.17) is 4.74 Å². The number of nitro benzene ring substituents is 1. The second-order valence-electron chi connectivity index (χ2n) is 5.86. The summed E-state index contributed by atoms with van der Waals surface area (Å²) in [5, 5.41) is 18.3. The maximum atomic E-state index is 12.4. The molecule has 2 heterocycles. The molecule has 1 aliphatic heterocycles. The largest absolute Gasteiger partial charge is 0.473 e. The van der Waals surface area contributed by atoms with E-state index in [1.807, 2.05) is 0 Å². The molecule has 0 bridgehead atoms. The summed E-state index contributed by atoms with van der Waals surface area (Å²) in [4.78, 5) is 24.4. The van der Waals surface area contributed by atoms with E-state index in [9.17, 15) is 14.9 Å². The average molecular weight is 342 g/mol. The molecule has 25 heavy (non-hydrogen) atoms. The van der Waals surface area contributed by atoms with Gasteiger partial charge in [-0.1, -0.05) is 12.1 Å². The first-order chi connectivity index (χ1) is 12.1. The van der Waals surface area contributed by atoms with Crippen molar-refractivity contribution in [2.24, 2.45) is 0 Å². The van der Waals surface area contributed by atoms with Gasteiger partial charge in [-0.2, -0.15) is 5.10 Å². The van der Waals surface area contributed by atoms with Gasteiger partial charge >= 0.3 is 0 Å². The third-order valence-corrected chi connectivity index (χ3v) is 4.13. The van der Waals surface area contributed by atoms with Gasteiger partial charge in [0.2, 0.25) is 11.8 Å². The standard InChI is InChI=1S/C17H18N4O4/c22-17(12-13-3-5-14(6-4-13)21(23)24)20-10-7-15(8-11-20)25-16-2-1-9-18-19-16/h1-6,9,15H,7-8,10-12H2. The summed E-state index contributed by atoms with van der Waals surface area (Å²) >= 11 is 0. The third kappa shape index (κ3) is 4.50. The maximum absolute atomic E-state index is 12.4. The summed E-state index contributed by atoms with van der Waals surface area (Å²) in [5.41, 5.74) is 0.798. The Morgan fingerprint density at radius 1 is 1.24 bits per heavy atom. The molecule has 2 aromatic rings.